The number of rotatable bonds is 4. The average Bonchev–Trinajstić information content (AvgIpc) is 2.68. The number of carbonyl (C=O) groups is 1. The average molecular weight is 453 g/mol. The molecule has 29 heavy (non-hydrogen) atoms. The SMILES string of the molecule is O=C(NC1CCCCC1C(F)(F)F)c1ccc(Cl)c(S(=O)(=O)N2CCCCC2)c1. The third-order valence-corrected chi connectivity index (χ3v) is 8.01. The van der Waals surface area contributed by atoms with Gasteiger partial charge in [0.05, 0.1) is 10.9 Å². The van der Waals surface area contributed by atoms with Gasteiger partial charge in [0.15, 0.2) is 0 Å². The number of nitrogens with one attached hydrogen (secondary N) is 1. The zero-order chi connectivity index (χ0) is 21.2. The molecule has 5 nitrogen and oxygen atoms in total. The van der Waals surface area contributed by atoms with E-state index in [9.17, 15) is 26.4 Å². The molecule has 1 N–H and O–H groups in total. The molecule has 3 rings (SSSR count). The Kier molecular flexibility index (Phi) is 6.80. The van der Waals surface area contributed by atoms with Crippen LogP contribution in [0.3, 0.4) is 0 Å². The molecule has 1 saturated heterocycles. The molecule has 0 bridgehead atoms. The summed E-state index contributed by atoms with van der Waals surface area (Å²) in [7, 11) is -3.87. The number of alkyl halides is 3. The molecule has 1 amide bonds. The maximum atomic E-state index is 13.3. The zero-order valence-corrected chi connectivity index (χ0v) is 17.4. The van der Waals surface area contributed by atoms with Gasteiger partial charge in [0, 0.05) is 24.7 Å². The summed E-state index contributed by atoms with van der Waals surface area (Å²) >= 11 is 6.09. The lowest BCUT2D eigenvalue weighted by Gasteiger charge is -2.33. The molecule has 2 unspecified atom stereocenters. The third kappa shape index (κ3) is 5.06. The Labute approximate surface area is 173 Å². The molecule has 0 radical (unpaired) electrons. The van der Waals surface area contributed by atoms with Gasteiger partial charge < -0.3 is 5.32 Å². The molecule has 162 valence electrons. The highest BCUT2D eigenvalue weighted by atomic mass is 35.5. The highest BCUT2D eigenvalue weighted by Gasteiger charge is 2.46. The Hall–Kier alpha value is -1.32. The van der Waals surface area contributed by atoms with Gasteiger partial charge in [-0.25, -0.2) is 8.42 Å². The van der Waals surface area contributed by atoms with Crippen LogP contribution in [-0.4, -0.2) is 43.9 Å². The molecule has 1 aliphatic heterocycles. The van der Waals surface area contributed by atoms with Crippen molar-refractivity contribution in [2.75, 3.05) is 13.1 Å². The summed E-state index contributed by atoms with van der Waals surface area (Å²) in [6.07, 6.45) is -0.658. The van der Waals surface area contributed by atoms with Crippen LogP contribution in [-0.2, 0) is 10.0 Å². The second-order valence-electron chi connectivity index (χ2n) is 7.62. The molecular weight excluding hydrogens is 429 g/mol. The summed E-state index contributed by atoms with van der Waals surface area (Å²) in [5.74, 6) is -2.32. The van der Waals surface area contributed by atoms with Crippen molar-refractivity contribution in [3.05, 3.63) is 28.8 Å². The van der Waals surface area contributed by atoms with Gasteiger partial charge >= 0.3 is 6.18 Å². The summed E-state index contributed by atoms with van der Waals surface area (Å²) < 4.78 is 67.0. The normalized spacial score (nSPS) is 24.3. The van der Waals surface area contributed by atoms with Crippen LogP contribution in [0.25, 0.3) is 0 Å². The predicted octanol–water partition coefficient (Wildman–Crippen LogP) is 4.37. The quantitative estimate of drug-likeness (QED) is 0.737. The summed E-state index contributed by atoms with van der Waals surface area (Å²) in [4.78, 5) is 12.4. The van der Waals surface area contributed by atoms with Crippen molar-refractivity contribution >= 4 is 27.5 Å². The second-order valence-corrected chi connectivity index (χ2v) is 9.94. The lowest BCUT2D eigenvalue weighted by atomic mass is 9.84. The third-order valence-electron chi connectivity index (χ3n) is 5.63. The van der Waals surface area contributed by atoms with Crippen LogP contribution in [0.15, 0.2) is 23.1 Å². The van der Waals surface area contributed by atoms with Crippen molar-refractivity contribution in [3.8, 4) is 0 Å². The Morgan fingerprint density at radius 1 is 1.07 bits per heavy atom. The maximum absolute atomic E-state index is 13.3. The Morgan fingerprint density at radius 2 is 1.72 bits per heavy atom. The fourth-order valence-electron chi connectivity index (χ4n) is 4.03. The Morgan fingerprint density at radius 3 is 2.38 bits per heavy atom. The minimum atomic E-state index is -4.39. The lowest BCUT2D eigenvalue weighted by Crippen LogP contribution is -2.47. The van der Waals surface area contributed by atoms with E-state index in [0.717, 1.165) is 25.3 Å². The Bertz CT molecular complexity index is 855. The van der Waals surface area contributed by atoms with E-state index in [-0.39, 0.29) is 28.3 Å². The molecule has 1 saturated carbocycles. The topological polar surface area (TPSA) is 66.5 Å². The first kappa shape index (κ1) is 22.4. The van der Waals surface area contributed by atoms with Crippen LogP contribution in [0.5, 0.6) is 0 Å². The molecule has 0 spiro atoms. The molecule has 2 atom stereocenters. The number of carbonyl (C=O) groups excluding carboxylic acids is 1. The van der Waals surface area contributed by atoms with Crippen molar-refractivity contribution in [3.63, 3.8) is 0 Å². The van der Waals surface area contributed by atoms with E-state index in [1.807, 2.05) is 0 Å². The first-order valence-corrected chi connectivity index (χ1v) is 11.6. The maximum Gasteiger partial charge on any atom is 0.393 e. The van der Waals surface area contributed by atoms with E-state index in [1.54, 1.807) is 0 Å². The molecule has 1 aromatic carbocycles. The van der Waals surface area contributed by atoms with Crippen LogP contribution in [0.1, 0.15) is 55.3 Å². The minimum Gasteiger partial charge on any atom is -0.349 e. The Balaban J connectivity index is 1.82. The fraction of sp³-hybridized carbons (Fsp3) is 0.632. The van der Waals surface area contributed by atoms with E-state index in [0.29, 0.717) is 25.9 Å². The summed E-state index contributed by atoms with van der Waals surface area (Å²) in [6.45, 7) is 0.759. The molecule has 1 heterocycles. The van der Waals surface area contributed by atoms with Crippen LogP contribution >= 0.6 is 11.6 Å². The van der Waals surface area contributed by atoms with Crippen molar-refractivity contribution < 1.29 is 26.4 Å². The number of hydrogen-bond donors (Lipinski definition) is 1. The summed E-state index contributed by atoms with van der Waals surface area (Å²) in [6, 6.07) is 2.77. The van der Waals surface area contributed by atoms with Gasteiger partial charge in [-0.15, -0.1) is 0 Å². The van der Waals surface area contributed by atoms with Crippen LogP contribution in [0, 0.1) is 5.92 Å². The van der Waals surface area contributed by atoms with Gasteiger partial charge in [0.1, 0.15) is 4.90 Å². The summed E-state index contributed by atoms with van der Waals surface area (Å²) in [5.41, 5.74) is -0.0171. The molecule has 0 aromatic heterocycles. The fourth-order valence-corrected chi connectivity index (χ4v) is 6.05. The highest BCUT2D eigenvalue weighted by Crippen LogP contribution is 2.38. The lowest BCUT2D eigenvalue weighted by molar-refractivity contribution is -0.187. The van der Waals surface area contributed by atoms with Gasteiger partial charge in [0.2, 0.25) is 10.0 Å². The van der Waals surface area contributed by atoms with E-state index < -0.39 is 34.1 Å². The largest absolute Gasteiger partial charge is 0.393 e. The molecule has 10 heteroatoms. The van der Waals surface area contributed by atoms with Gasteiger partial charge in [-0.3, -0.25) is 4.79 Å². The predicted molar refractivity (Wildman–Crippen MR) is 103 cm³/mol. The number of amides is 1. The summed E-state index contributed by atoms with van der Waals surface area (Å²) in [5, 5.41) is 2.44. The molecule has 1 aliphatic carbocycles. The number of benzene rings is 1. The van der Waals surface area contributed by atoms with Gasteiger partial charge in [-0.2, -0.15) is 17.5 Å². The van der Waals surface area contributed by atoms with Crippen molar-refractivity contribution in [2.24, 2.45) is 5.92 Å². The van der Waals surface area contributed by atoms with E-state index in [1.165, 1.54) is 16.4 Å². The van der Waals surface area contributed by atoms with E-state index in [2.05, 4.69) is 5.32 Å². The second kappa shape index (κ2) is 8.81. The van der Waals surface area contributed by atoms with Gasteiger partial charge in [0.25, 0.3) is 5.91 Å². The van der Waals surface area contributed by atoms with Gasteiger partial charge in [-0.05, 0) is 43.9 Å². The number of halogens is 4. The van der Waals surface area contributed by atoms with Crippen molar-refractivity contribution in [2.45, 2.75) is 62.1 Å². The van der Waals surface area contributed by atoms with E-state index >= 15 is 0 Å². The van der Waals surface area contributed by atoms with E-state index in [4.69, 9.17) is 11.6 Å². The number of hydrogen-bond acceptors (Lipinski definition) is 3. The zero-order valence-electron chi connectivity index (χ0n) is 15.8. The van der Waals surface area contributed by atoms with Crippen LogP contribution < -0.4 is 5.32 Å². The number of nitrogens with zero attached hydrogens (tertiary/aromatic N) is 1. The number of sulfonamides is 1. The van der Waals surface area contributed by atoms with Crippen molar-refractivity contribution in [1.29, 1.82) is 0 Å². The van der Waals surface area contributed by atoms with Gasteiger partial charge in [-0.1, -0.05) is 30.9 Å². The first-order valence-electron chi connectivity index (χ1n) is 9.78. The van der Waals surface area contributed by atoms with Crippen LogP contribution in [0.2, 0.25) is 5.02 Å². The molecular formula is C19H24ClF3N2O3S. The molecule has 2 fully saturated rings. The van der Waals surface area contributed by atoms with Crippen molar-refractivity contribution in [1.82, 2.24) is 9.62 Å². The molecule has 2 aliphatic rings. The standard InChI is InChI=1S/C19H24ClF3N2O3S/c20-15-9-8-13(12-17(15)29(27,28)25-10-4-1-5-11-25)18(26)24-16-7-3-2-6-14(16)19(21,22)23/h8-9,12,14,16H,1-7,10-11H2,(H,24,26). The molecule has 1 aromatic rings. The smallest absolute Gasteiger partial charge is 0.349 e. The van der Waals surface area contributed by atoms with Crippen LogP contribution in [0.4, 0.5) is 13.2 Å². The minimum absolute atomic E-state index is 0.0158. The first-order chi connectivity index (χ1) is 13.6. The monoisotopic (exact) mass is 452 g/mol. The highest BCUT2D eigenvalue weighted by molar-refractivity contribution is 7.89. The number of piperidine rings is 1.